The molecule has 1 spiro atoms. The third kappa shape index (κ3) is 3.35. The average molecular weight is 407 g/mol. The van der Waals surface area contributed by atoms with Crippen molar-refractivity contribution in [3.63, 3.8) is 0 Å². The molecule has 0 amide bonds. The van der Waals surface area contributed by atoms with E-state index in [1.165, 1.54) is 18.9 Å². The van der Waals surface area contributed by atoms with Gasteiger partial charge in [-0.2, -0.15) is 15.3 Å². The Morgan fingerprint density at radius 1 is 1.20 bits per heavy atom. The maximum absolute atomic E-state index is 14.8. The van der Waals surface area contributed by atoms with Crippen LogP contribution in [-0.2, 0) is 0 Å². The van der Waals surface area contributed by atoms with Crippen LogP contribution < -0.4 is 11.1 Å². The van der Waals surface area contributed by atoms with Gasteiger partial charge in [-0.3, -0.25) is 0 Å². The number of hydrogen-bond donors (Lipinski definition) is 2. The fraction of sp³-hybridized carbons (Fsp3) is 0.455. The molecular weight excluding hydrogens is 381 g/mol. The minimum Gasteiger partial charge on any atom is -0.397 e. The normalized spacial score (nSPS) is 19.0. The van der Waals surface area contributed by atoms with Crippen molar-refractivity contribution in [2.75, 3.05) is 18.8 Å². The number of piperidine rings is 1. The summed E-state index contributed by atoms with van der Waals surface area (Å²) in [5.74, 6) is -0.481. The largest absolute Gasteiger partial charge is 0.397 e. The van der Waals surface area contributed by atoms with E-state index in [2.05, 4.69) is 25.6 Å². The molecule has 1 saturated carbocycles. The molecule has 0 unspecified atom stereocenters. The van der Waals surface area contributed by atoms with E-state index < -0.39 is 5.82 Å². The number of nitrogen functional groups attached to an aromatic ring is 1. The Kier molecular flexibility index (Phi) is 4.54. The molecule has 0 bridgehead atoms. The number of imidazole rings is 1. The molecule has 3 heterocycles. The van der Waals surface area contributed by atoms with E-state index in [0.29, 0.717) is 16.7 Å². The number of aromatic nitrogens is 3. The first-order valence-corrected chi connectivity index (χ1v) is 10.5. The highest BCUT2D eigenvalue weighted by Crippen LogP contribution is 2.49. The predicted octanol–water partition coefficient (Wildman–Crippen LogP) is 4.35. The van der Waals surface area contributed by atoms with Gasteiger partial charge in [0.05, 0.1) is 29.3 Å². The zero-order valence-corrected chi connectivity index (χ0v) is 17.3. The highest BCUT2D eigenvalue weighted by molar-refractivity contribution is 5.74. The van der Waals surface area contributed by atoms with Gasteiger partial charge in [0.15, 0.2) is 11.5 Å². The molecule has 30 heavy (non-hydrogen) atoms. The van der Waals surface area contributed by atoms with E-state index in [-0.39, 0.29) is 17.4 Å². The van der Waals surface area contributed by atoms with Crippen molar-refractivity contribution >= 4 is 17.0 Å². The summed E-state index contributed by atoms with van der Waals surface area (Å²) in [5, 5.41) is 16.5. The Bertz CT molecular complexity index is 1110. The van der Waals surface area contributed by atoms with Gasteiger partial charge in [-0.25, -0.2) is 13.9 Å². The molecule has 156 valence electrons. The number of fused-ring (bicyclic) bond motifs is 1. The lowest BCUT2D eigenvalue weighted by Crippen LogP contribution is -2.47. The van der Waals surface area contributed by atoms with E-state index in [9.17, 15) is 4.39 Å². The Morgan fingerprint density at radius 3 is 2.70 bits per heavy atom. The van der Waals surface area contributed by atoms with Crippen LogP contribution in [0.5, 0.6) is 0 Å². The van der Waals surface area contributed by atoms with Gasteiger partial charge in [-0.05, 0) is 81.8 Å². The molecule has 3 aromatic rings. The fourth-order valence-electron chi connectivity index (χ4n) is 4.79. The minimum atomic E-state index is -0.481. The van der Waals surface area contributed by atoms with Crippen LogP contribution in [0.3, 0.4) is 0 Å². The summed E-state index contributed by atoms with van der Waals surface area (Å²) in [5.41, 5.74) is 10.8. The van der Waals surface area contributed by atoms with Crippen LogP contribution in [0.15, 0.2) is 34.6 Å². The summed E-state index contributed by atoms with van der Waals surface area (Å²) in [6, 6.07) is 5.20. The molecule has 0 radical (unpaired) electrons. The molecule has 8 heteroatoms. The van der Waals surface area contributed by atoms with Crippen molar-refractivity contribution in [1.29, 1.82) is 0 Å². The van der Waals surface area contributed by atoms with E-state index >= 15 is 0 Å². The molecule has 1 aromatic carbocycles. The van der Waals surface area contributed by atoms with Crippen LogP contribution in [0.4, 0.5) is 15.8 Å². The second-order valence-corrected chi connectivity index (χ2v) is 8.79. The first-order chi connectivity index (χ1) is 14.4. The lowest BCUT2D eigenvalue weighted by atomic mass is 9.61. The van der Waals surface area contributed by atoms with Crippen LogP contribution in [0.25, 0.3) is 16.9 Å². The quantitative estimate of drug-likeness (QED) is 0.499. The highest BCUT2D eigenvalue weighted by Gasteiger charge is 2.44. The van der Waals surface area contributed by atoms with Gasteiger partial charge in [-0.1, -0.05) is 0 Å². The van der Waals surface area contributed by atoms with E-state index in [0.717, 1.165) is 42.8 Å². The monoisotopic (exact) mass is 407 g/mol. The van der Waals surface area contributed by atoms with E-state index in [1.54, 1.807) is 10.6 Å². The van der Waals surface area contributed by atoms with Gasteiger partial charge in [-0.15, -0.1) is 0 Å². The van der Waals surface area contributed by atoms with Gasteiger partial charge >= 0.3 is 0 Å². The summed E-state index contributed by atoms with van der Waals surface area (Å²) < 4.78 is 16.6. The van der Waals surface area contributed by atoms with Crippen LogP contribution in [0.2, 0.25) is 0 Å². The van der Waals surface area contributed by atoms with Crippen molar-refractivity contribution < 1.29 is 4.39 Å². The molecular formula is C22H26FN7. The number of nitrogens with two attached hydrogens (primary N) is 1. The summed E-state index contributed by atoms with van der Waals surface area (Å²) >= 11 is 0. The number of aryl methyl sites for hydroxylation is 2. The van der Waals surface area contributed by atoms with Crippen molar-refractivity contribution in [3.8, 4) is 11.3 Å². The van der Waals surface area contributed by atoms with Crippen molar-refractivity contribution in [1.82, 2.24) is 19.9 Å². The van der Waals surface area contributed by atoms with E-state index in [4.69, 9.17) is 5.73 Å². The van der Waals surface area contributed by atoms with Crippen LogP contribution in [0.1, 0.15) is 36.9 Å². The fourth-order valence-corrected chi connectivity index (χ4v) is 4.79. The number of rotatable bonds is 3. The maximum Gasteiger partial charge on any atom is 0.156 e. The standard InChI is InChI=1S/C22H26FN7/c1-13-7-19(29-30-12-14(2)26-21(13)30)15-8-17(23)20(18(24)9-15)28-27-16-10-22(11-16)3-5-25-6-4-22/h7-9,12,16,25H,3-6,10-11,24H2,1-2H3. The number of anilines is 1. The van der Waals surface area contributed by atoms with Gasteiger partial charge in [0.2, 0.25) is 0 Å². The SMILES string of the molecule is Cc1cn2nc(-c3cc(N)c(N=NC4CC5(CCNCC5)C4)c(F)c3)cc(C)c2n1. The molecule has 2 fully saturated rings. The van der Waals surface area contributed by atoms with Gasteiger partial charge in [0.25, 0.3) is 0 Å². The predicted molar refractivity (Wildman–Crippen MR) is 114 cm³/mol. The first kappa shape index (κ1) is 19.1. The average Bonchev–Trinajstić information content (AvgIpc) is 3.07. The molecule has 5 rings (SSSR count). The summed E-state index contributed by atoms with van der Waals surface area (Å²) in [4.78, 5) is 4.45. The third-order valence-corrected chi connectivity index (χ3v) is 6.44. The van der Waals surface area contributed by atoms with Crippen LogP contribution in [-0.4, -0.2) is 33.7 Å². The lowest BCUT2D eigenvalue weighted by Gasteiger charge is -2.48. The van der Waals surface area contributed by atoms with Crippen molar-refractivity contribution in [2.24, 2.45) is 15.6 Å². The Morgan fingerprint density at radius 2 is 1.97 bits per heavy atom. The summed E-state index contributed by atoms with van der Waals surface area (Å²) in [7, 11) is 0. The number of benzene rings is 1. The Balaban J connectivity index is 1.38. The number of nitrogens with zero attached hydrogens (tertiary/aromatic N) is 5. The zero-order valence-electron chi connectivity index (χ0n) is 17.3. The third-order valence-electron chi connectivity index (χ3n) is 6.44. The van der Waals surface area contributed by atoms with Gasteiger partial charge < -0.3 is 11.1 Å². The molecule has 2 aliphatic rings. The summed E-state index contributed by atoms with van der Waals surface area (Å²) in [6.45, 7) is 6.03. The number of azo groups is 1. The van der Waals surface area contributed by atoms with Crippen LogP contribution in [0, 0.1) is 25.1 Å². The second-order valence-electron chi connectivity index (χ2n) is 8.79. The molecule has 2 aromatic heterocycles. The first-order valence-electron chi connectivity index (χ1n) is 10.5. The van der Waals surface area contributed by atoms with E-state index in [1.807, 2.05) is 26.1 Å². The smallest absolute Gasteiger partial charge is 0.156 e. The van der Waals surface area contributed by atoms with Crippen molar-refractivity contribution in [2.45, 2.75) is 45.6 Å². The molecule has 7 nitrogen and oxygen atoms in total. The Hall–Kier alpha value is -2.87. The maximum atomic E-state index is 14.8. The molecule has 3 N–H and O–H groups in total. The second kappa shape index (κ2) is 7.12. The van der Waals surface area contributed by atoms with Gasteiger partial charge in [0, 0.05) is 5.56 Å². The highest BCUT2D eigenvalue weighted by atomic mass is 19.1. The molecule has 1 saturated heterocycles. The minimum absolute atomic E-state index is 0.112. The Labute approximate surface area is 174 Å². The van der Waals surface area contributed by atoms with Crippen molar-refractivity contribution in [3.05, 3.63) is 41.5 Å². The number of hydrogen-bond acceptors (Lipinski definition) is 6. The molecule has 1 aliphatic heterocycles. The topological polar surface area (TPSA) is 93.0 Å². The molecule has 0 atom stereocenters. The molecule has 1 aliphatic carbocycles. The van der Waals surface area contributed by atoms with Gasteiger partial charge in [0.1, 0.15) is 5.69 Å². The number of halogens is 1. The van der Waals surface area contributed by atoms with Crippen LogP contribution >= 0.6 is 0 Å². The zero-order chi connectivity index (χ0) is 20.9. The number of nitrogens with one attached hydrogen (secondary N) is 1. The lowest BCUT2D eigenvalue weighted by molar-refractivity contribution is 0.0617. The summed E-state index contributed by atoms with van der Waals surface area (Å²) in [6.07, 6.45) is 6.30.